The number of rotatable bonds is 4. The first-order chi connectivity index (χ1) is 8.66. The van der Waals surface area contributed by atoms with Gasteiger partial charge in [0.25, 0.3) is 0 Å². The van der Waals surface area contributed by atoms with Crippen molar-refractivity contribution in [1.82, 2.24) is 0 Å². The number of hydrogen-bond acceptors (Lipinski definition) is 3. The van der Waals surface area contributed by atoms with E-state index in [-0.39, 0.29) is 0 Å². The van der Waals surface area contributed by atoms with Gasteiger partial charge in [-0.1, -0.05) is 42.0 Å². The van der Waals surface area contributed by atoms with Crippen molar-refractivity contribution in [2.75, 3.05) is 0 Å². The largest absolute Gasteiger partial charge is 0.489 e. The van der Waals surface area contributed by atoms with Gasteiger partial charge in [-0.25, -0.2) is 0 Å². The van der Waals surface area contributed by atoms with Gasteiger partial charge in [0, 0.05) is 0 Å². The average Bonchev–Trinajstić information content (AvgIpc) is 2.38. The first-order valence-corrected chi connectivity index (χ1v) is 5.80. The highest BCUT2D eigenvalue weighted by Gasteiger charge is 2.15. The second-order valence-electron chi connectivity index (χ2n) is 4.17. The van der Waals surface area contributed by atoms with Crippen LogP contribution in [-0.4, -0.2) is 17.2 Å². The molecule has 0 bridgehead atoms. The summed E-state index contributed by atoms with van der Waals surface area (Å²) in [5.41, 5.74) is 2.42. The zero-order chi connectivity index (χ0) is 13.0. The predicted octanol–water partition coefficient (Wildman–Crippen LogP) is 1.25. The highest BCUT2D eigenvalue weighted by Crippen LogP contribution is 2.13. The van der Waals surface area contributed by atoms with Crippen LogP contribution in [0.25, 0.3) is 0 Å². The van der Waals surface area contributed by atoms with Crippen molar-refractivity contribution in [1.29, 1.82) is 0 Å². The van der Waals surface area contributed by atoms with E-state index in [2.05, 4.69) is 0 Å². The maximum absolute atomic E-state index is 9.24. The first kappa shape index (κ1) is 12.7. The Hall–Kier alpha value is -1.78. The van der Waals surface area contributed by atoms with Gasteiger partial charge in [0.05, 0.1) is 0 Å². The van der Waals surface area contributed by atoms with Crippen LogP contribution in [0.3, 0.4) is 0 Å². The fraction of sp³-hybridized carbons (Fsp3) is 0.143. The number of benzene rings is 2. The second kappa shape index (κ2) is 5.71. The molecule has 0 heterocycles. The minimum atomic E-state index is -1.47. The lowest BCUT2D eigenvalue weighted by Gasteiger charge is -2.10. The Morgan fingerprint density at radius 1 is 1.00 bits per heavy atom. The summed E-state index contributed by atoms with van der Waals surface area (Å²) in [4.78, 5) is 0. The van der Waals surface area contributed by atoms with Gasteiger partial charge in [0.2, 0.25) is 0 Å². The molecule has 0 atom stereocenters. The van der Waals surface area contributed by atoms with Crippen LogP contribution in [0.2, 0.25) is 0 Å². The van der Waals surface area contributed by atoms with E-state index in [9.17, 15) is 10.0 Å². The van der Waals surface area contributed by atoms with Crippen LogP contribution in [0.4, 0.5) is 0 Å². The fourth-order valence-corrected chi connectivity index (χ4v) is 1.71. The maximum atomic E-state index is 9.24. The molecule has 0 fully saturated rings. The van der Waals surface area contributed by atoms with Crippen LogP contribution < -0.4 is 10.2 Å². The molecule has 0 spiro atoms. The van der Waals surface area contributed by atoms with E-state index in [1.807, 2.05) is 43.3 Å². The van der Waals surface area contributed by atoms with Gasteiger partial charge in [0.1, 0.15) is 12.4 Å². The summed E-state index contributed by atoms with van der Waals surface area (Å²) in [5, 5.41) is 18.5. The Balaban J connectivity index is 2.08. The molecule has 18 heavy (non-hydrogen) atoms. The molecule has 0 saturated heterocycles. The van der Waals surface area contributed by atoms with Crippen LogP contribution in [0.15, 0.2) is 48.5 Å². The molecular weight excluding hydrogens is 227 g/mol. The summed E-state index contributed by atoms with van der Waals surface area (Å²) in [6, 6.07) is 14.9. The van der Waals surface area contributed by atoms with E-state index in [1.54, 1.807) is 12.1 Å². The van der Waals surface area contributed by atoms with E-state index in [0.29, 0.717) is 12.1 Å². The fourth-order valence-electron chi connectivity index (χ4n) is 1.71. The molecule has 0 unspecified atom stereocenters. The third-order valence-corrected chi connectivity index (χ3v) is 2.75. The average molecular weight is 242 g/mol. The lowest BCUT2D eigenvalue weighted by Crippen LogP contribution is -2.33. The number of aryl methyl sites for hydroxylation is 1. The van der Waals surface area contributed by atoms with Crippen molar-refractivity contribution in [3.05, 3.63) is 59.7 Å². The lowest BCUT2D eigenvalue weighted by molar-refractivity contribution is 0.306. The van der Waals surface area contributed by atoms with E-state index in [4.69, 9.17) is 4.74 Å². The summed E-state index contributed by atoms with van der Waals surface area (Å²) in [5.74, 6) is 0.767. The Morgan fingerprint density at radius 2 is 1.67 bits per heavy atom. The summed E-state index contributed by atoms with van der Waals surface area (Å²) in [7, 11) is -1.47. The quantitative estimate of drug-likeness (QED) is 0.793. The van der Waals surface area contributed by atoms with Crippen LogP contribution in [-0.2, 0) is 6.61 Å². The van der Waals surface area contributed by atoms with Crippen LogP contribution in [0.1, 0.15) is 11.1 Å². The molecule has 2 N–H and O–H groups in total. The predicted molar refractivity (Wildman–Crippen MR) is 71.8 cm³/mol. The molecule has 0 aliphatic rings. The van der Waals surface area contributed by atoms with Crippen molar-refractivity contribution in [2.24, 2.45) is 0 Å². The third kappa shape index (κ3) is 3.12. The van der Waals surface area contributed by atoms with Crippen molar-refractivity contribution < 1.29 is 14.8 Å². The Morgan fingerprint density at radius 3 is 2.33 bits per heavy atom. The summed E-state index contributed by atoms with van der Waals surface area (Å²) in [6.45, 7) is 2.33. The second-order valence-corrected chi connectivity index (χ2v) is 4.17. The summed E-state index contributed by atoms with van der Waals surface area (Å²) < 4.78 is 5.62. The van der Waals surface area contributed by atoms with E-state index < -0.39 is 7.12 Å². The highest BCUT2D eigenvalue weighted by molar-refractivity contribution is 6.59. The van der Waals surface area contributed by atoms with Crippen molar-refractivity contribution >= 4 is 12.6 Å². The van der Waals surface area contributed by atoms with Gasteiger partial charge in [-0.2, -0.15) is 0 Å². The standard InChI is InChI=1S/C14H15BO3/c1-11-6-8-13(9-7-11)18-10-12-4-2-3-5-14(12)15(16)17/h2-9,16-17H,10H2,1H3. The zero-order valence-corrected chi connectivity index (χ0v) is 10.2. The van der Waals surface area contributed by atoms with Crippen LogP contribution >= 0.6 is 0 Å². The van der Waals surface area contributed by atoms with E-state index in [1.165, 1.54) is 5.56 Å². The Bertz CT molecular complexity index is 509. The highest BCUT2D eigenvalue weighted by atomic mass is 16.5. The monoisotopic (exact) mass is 242 g/mol. The molecule has 2 rings (SSSR count). The molecule has 4 heteroatoms. The molecule has 0 saturated carbocycles. The summed E-state index contributed by atoms with van der Waals surface area (Å²) in [6.07, 6.45) is 0. The van der Waals surface area contributed by atoms with Gasteiger partial charge in [-0.05, 0) is 30.1 Å². The van der Waals surface area contributed by atoms with Gasteiger partial charge in [0.15, 0.2) is 0 Å². The molecule has 0 amide bonds. The Labute approximate surface area is 107 Å². The van der Waals surface area contributed by atoms with Crippen LogP contribution in [0, 0.1) is 6.92 Å². The summed E-state index contributed by atoms with van der Waals surface area (Å²) >= 11 is 0. The van der Waals surface area contributed by atoms with E-state index >= 15 is 0 Å². The smallest absolute Gasteiger partial charge is 0.488 e. The van der Waals surface area contributed by atoms with Gasteiger partial charge in [-0.15, -0.1) is 0 Å². The number of ether oxygens (including phenoxy) is 1. The number of hydrogen-bond donors (Lipinski definition) is 2. The third-order valence-electron chi connectivity index (χ3n) is 2.75. The Kier molecular flexibility index (Phi) is 4.02. The molecule has 2 aromatic rings. The molecule has 0 aliphatic heterocycles. The molecule has 2 aromatic carbocycles. The van der Waals surface area contributed by atoms with Crippen molar-refractivity contribution in [3.63, 3.8) is 0 Å². The first-order valence-electron chi connectivity index (χ1n) is 5.80. The topological polar surface area (TPSA) is 49.7 Å². The molecule has 92 valence electrons. The van der Waals surface area contributed by atoms with Gasteiger partial charge < -0.3 is 14.8 Å². The van der Waals surface area contributed by atoms with Gasteiger partial charge >= 0.3 is 7.12 Å². The molecule has 0 aliphatic carbocycles. The lowest BCUT2D eigenvalue weighted by atomic mass is 9.77. The SMILES string of the molecule is Cc1ccc(OCc2ccccc2B(O)O)cc1. The molecular formula is C14H15BO3. The molecule has 0 radical (unpaired) electrons. The van der Waals surface area contributed by atoms with Gasteiger partial charge in [-0.3, -0.25) is 0 Å². The van der Waals surface area contributed by atoms with Crippen LogP contribution in [0.5, 0.6) is 5.75 Å². The minimum absolute atomic E-state index is 0.316. The van der Waals surface area contributed by atoms with Crippen molar-refractivity contribution in [3.8, 4) is 5.75 Å². The molecule has 0 aromatic heterocycles. The zero-order valence-electron chi connectivity index (χ0n) is 10.2. The normalized spacial score (nSPS) is 10.2. The van der Waals surface area contributed by atoms with E-state index in [0.717, 1.165) is 11.3 Å². The van der Waals surface area contributed by atoms with Crippen molar-refractivity contribution in [2.45, 2.75) is 13.5 Å². The maximum Gasteiger partial charge on any atom is 0.488 e. The molecule has 3 nitrogen and oxygen atoms in total. The minimum Gasteiger partial charge on any atom is -0.489 e.